The standard InChI is InChI=1S/C14H17ClN2O/c1-17-7-11-12(8-17)13(11)14(18)16-6-9-3-2-4-10(15)5-9/h2-5,11-13H,6-8H2,1H3,(H,16,18). The van der Waals surface area contributed by atoms with Gasteiger partial charge in [-0.1, -0.05) is 23.7 Å². The molecule has 1 aromatic rings. The normalized spacial score (nSPS) is 30.0. The SMILES string of the molecule is CN1CC2C(C1)C2C(=O)NCc1cccc(Cl)c1. The van der Waals surface area contributed by atoms with Crippen molar-refractivity contribution in [1.82, 2.24) is 10.2 Å². The zero-order chi connectivity index (χ0) is 12.7. The maximum Gasteiger partial charge on any atom is 0.224 e. The van der Waals surface area contributed by atoms with Crippen molar-refractivity contribution in [2.24, 2.45) is 17.8 Å². The smallest absolute Gasteiger partial charge is 0.224 e. The van der Waals surface area contributed by atoms with E-state index in [1.54, 1.807) is 0 Å². The summed E-state index contributed by atoms with van der Waals surface area (Å²) in [6.07, 6.45) is 0. The van der Waals surface area contributed by atoms with Crippen molar-refractivity contribution in [2.45, 2.75) is 6.54 Å². The fourth-order valence-electron chi connectivity index (χ4n) is 3.08. The van der Waals surface area contributed by atoms with Gasteiger partial charge in [0.15, 0.2) is 0 Å². The van der Waals surface area contributed by atoms with E-state index < -0.39 is 0 Å². The van der Waals surface area contributed by atoms with Crippen molar-refractivity contribution in [3.63, 3.8) is 0 Å². The van der Waals surface area contributed by atoms with Crippen LogP contribution >= 0.6 is 11.6 Å². The number of halogens is 1. The van der Waals surface area contributed by atoms with E-state index in [9.17, 15) is 4.79 Å². The lowest BCUT2D eigenvalue weighted by Gasteiger charge is -2.13. The van der Waals surface area contributed by atoms with Gasteiger partial charge in [0.2, 0.25) is 5.91 Å². The molecule has 2 atom stereocenters. The maximum atomic E-state index is 12.0. The van der Waals surface area contributed by atoms with E-state index >= 15 is 0 Å². The van der Waals surface area contributed by atoms with Crippen molar-refractivity contribution < 1.29 is 4.79 Å². The molecule has 2 fully saturated rings. The first-order valence-electron chi connectivity index (χ1n) is 6.36. The first-order chi connectivity index (χ1) is 8.65. The van der Waals surface area contributed by atoms with E-state index in [4.69, 9.17) is 11.6 Å². The van der Waals surface area contributed by atoms with Crippen LogP contribution < -0.4 is 5.32 Å². The Bertz CT molecular complexity index is 465. The van der Waals surface area contributed by atoms with Gasteiger partial charge in [-0.3, -0.25) is 4.79 Å². The third kappa shape index (κ3) is 2.25. The Labute approximate surface area is 112 Å². The topological polar surface area (TPSA) is 32.3 Å². The highest BCUT2D eigenvalue weighted by atomic mass is 35.5. The van der Waals surface area contributed by atoms with E-state index in [2.05, 4.69) is 17.3 Å². The number of nitrogens with one attached hydrogen (secondary N) is 1. The average Bonchev–Trinajstić information content (AvgIpc) is 2.84. The predicted octanol–water partition coefficient (Wildman–Crippen LogP) is 1.76. The molecular weight excluding hydrogens is 248 g/mol. The molecule has 0 bridgehead atoms. The average molecular weight is 265 g/mol. The highest BCUT2D eigenvalue weighted by molar-refractivity contribution is 6.30. The number of piperidine rings is 1. The molecule has 1 aliphatic carbocycles. The Kier molecular flexibility index (Phi) is 3.04. The number of rotatable bonds is 3. The van der Waals surface area contributed by atoms with Gasteiger partial charge in [0.25, 0.3) is 0 Å². The molecule has 96 valence electrons. The van der Waals surface area contributed by atoms with E-state index in [0.717, 1.165) is 18.7 Å². The maximum absolute atomic E-state index is 12.0. The number of fused-ring (bicyclic) bond motifs is 1. The van der Waals surface area contributed by atoms with E-state index in [1.165, 1.54) is 0 Å². The minimum Gasteiger partial charge on any atom is -0.352 e. The Morgan fingerprint density at radius 2 is 2.17 bits per heavy atom. The van der Waals surface area contributed by atoms with Crippen LogP contribution in [0.15, 0.2) is 24.3 Å². The van der Waals surface area contributed by atoms with Crippen molar-refractivity contribution in [3.8, 4) is 0 Å². The van der Waals surface area contributed by atoms with Gasteiger partial charge in [-0.25, -0.2) is 0 Å². The Balaban J connectivity index is 1.51. The number of carbonyl (C=O) groups is 1. The second kappa shape index (κ2) is 4.56. The molecule has 3 rings (SSSR count). The number of benzene rings is 1. The molecule has 2 aliphatic rings. The number of hydrogen-bond donors (Lipinski definition) is 1. The van der Waals surface area contributed by atoms with Crippen molar-refractivity contribution >= 4 is 17.5 Å². The van der Waals surface area contributed by atoms with Crippen LogP contribution in [0.2, 0.25) is 5.02 Å². The number of likely N-dealkylation sites (tertiary alicyclic amines) is 1. The Hall–Kier alpha value is -1.06. The van der Waals surface area contributed by atoms with Crippen LogP contribution in [-0.2, 0) is 11.3 Å². The summed E-state index contributed by atoms with van der Waals surface area (Å²) in [5.41, 5.74) is 1.05. The van der Waals surface area contributed by atoms with Crippen LogP contribution in [0.5, 0.6) is 0 Å². The molecule has 18 heavy (non-hydrogen) atoms. The van der Waals surface area contributed by atoms with Crippen LogP contribution in [-0.4, -0.2) is 30.9 Å². The summed E-state index contributed by atoms with van der Waals surface area (Å²) in [4.78, 5) is 14.3. The monoisotopic (exact) mass is 264 g/mol. The summed E-state index contributed by atoms with van der Waals surface area (Å²) in [5.74, 6) is 1.64. The first kappa shape index (κ1) is 12.0. The molecule has 0 aromatic heterocycles. The van der Waals surface area contributed by atoms with Crippen LogP contribution in [0, 0.1) is 17.8 Å². The highest BCUT2D eigenvalue weighted by Gasteiger charge is 2.58. The fourth-order valence-corrected chi connectivity index (χ4v) is 3.29. The molecule has 1 saturated carbocycles. The summed E-state index contributed by atoms with van der Waals surface area (Å²) in [6.45, 7) is 2.71. The molecule has 4 heteroatoms. The molecular formula is C14H17ClN2O. The second-order valence-electron chi connectivity index (χ2n) is 5.42. The van der Waals surface area contributed by atoms with E-state index in [1.807, 2.05) is 24.3 Å². The molecule has 1 amide bonds. The van der Waals surface area contributed by atoms with Gasteiger partial charge >= 0.3 is 0 Å². The lowest BCUT2D eigenvalue weighted by Crippen LogP contribution is -2.30. The Morgan fingerprint density at radius 1 is 1.44 bits per heavy atom. The first-order valence-corrected chi connectivity index (χ1v) is 6.73. The van der Waals surface area contributed by atoms with Crippen molar-refractivity contribution in [3.05, 3.63) is 34.9 Å². The van der Waals surface area contributed by atoms with Crippen LogP contribution in [0.4, 0.5) is 0 Å². The summed E-state index contributed by atoms with van der Waals surface area (Å²) in [6, 6.07) is 7.62. The molecule has 1 saturated heterocycles. The molecule has 1 aliphatic heterocycles. The van der Waals surface area contributed by atoms with Gasteiger partial charge in [0.05, 0.1) is 0 Å². The van der Waals surface area contributed by atoms with E-state index in [-0.39, 0.29) is 11.8 Å². The minimum atomic E-state index is 0.207. The summed E-state index contributed by atoms with van der Waals surface area (Å²) < 4.78 is 0. The molecule has 3 nitrogen and oxygen atoms in total. The number of nitrogens with zero attached hydrogens (tertiary/aromatic N) is 1. The van der Waals surface area contributed by atoms with Gasteiger partial charge in [-0.2, -0.15) is 0 Å². The second-order valence-corrected chi connectivity index (χ2v) is 5.86. The third-order valence-corrected chi connectivity index (χ3v) is 4.27. The number of hydrogen-bond acceptors (Lipinski definition) is 2. The molecule has 1 N–H and O–H groups in total. The van der Waals surface area contributed by atoms with Gasteiger partial charge in [-0.15, -0.1) is 0 Å². The third-order valence-electron chi connectivity index (χ3n) is 4.04. The highest BCUT2D eigenvalue weighted by Crippen LogP contribution is 2.51. The zero-order valence-electron chi connectivity index (χ0n) is 10.4. The Morgan fingerprint density at radius 3 is 2.83 bits per heavy atom. The van der Waals surface area contributed by atoms with Gasteiger partial charge < -0.3 is 10.2 Å². The zero-order valence-corrected chi connectivity index (χ0v) is 11.2. The van der Waals surface area contributed by atoms with Gasteiger partial charge in [-0.05, 0) is 36.6 Å². The minimum absolute atomic E-state index is 0.207. The largest absolute Gasteiger partial charge is 0.352 e. The van der Waals surface area contributed by atoms with E-state index in [0.29, 0.717) is 23.4 Å². The van der Waals surface area contributed by atoms with Crippen LogP contribution in [0.3, 0.4) is 0 Å². The quantitative estimate of drug-likeness (QED) is 0.902. The lowest BCUT2D eigenvalue weighted by molar-refractivity contribution is -0.123. The fraction of sp³-hybridized carbons (Fsp3) is 0.500. The number of carbonyl (C=O) groups excluding carboxylic acids is 1. The van der Waals surface area contributed by atoms with Crippen molar-refractivity contribution in [2.75, 3.05) is 20.1 Å². The van der Waals surface area contributed by atoms with Crippen LogP contribution in [0.1, 0.15) is 5.56 Å². The summed E-state index contributed by atoms with van der Waals surface area (Å²) in [7, 11) is 2.12. The molecule has 1 heterocycles. The van der Waals surface area contributed by atoms with Crippen LogP contribution in [0.25, 0.3) is 0 Å². The predicted molar refractivity (Wildman–Crippen MR) is 71.3 cm³/mol. The lowest BCUT2D eigenvalue weighted by atomic mass is 10.2. The number of amides is 1. The summed E-state index contributed by atoms with van der Waals surface area (Å²) in [5, 5.41) is 3.73. The van der Waals surface area contributed by atoms with Gasteiger partial charge in [0.1, 0.15) is 0 Å². The van der Waals surface area contributed by atoms with Gasteiger partial charge in [0, 0.05) is 30.6 Å². The molecule has 2 unspecified atom stereocenters. The molecule has 0 radical (unpaired) electrons. The molecule has 0 spiro atoms. The van der Waals surface area contributed by atoms with Crippen molar-refractivity contribution in [1.29, 1.82) is 0 Å². The summed E-state index contributed by atoms with van der Waals surface area (Å²) >= 11 is 5.91. The molecule has 1 aromatic carbocycles.